The van der Waals surface area contributed by atoms with Crippen molar-refractivity contribution in [3.63, 3.8) is 0 Å². The first-order valence-electron chi connectivity index (χ1n) is 9.17. The lowest BCUT2D eigenvalue weighted by atomic mass is 10.1. The zero-order chi connectivity index (χ0) is 19.9. The third-order valence-electron chi connectivity index (χ3n) is 4.25. The van der Waals surface area contributed by atoms with E-state index in [-0.39, 0.29) is 5.78 Å². The number of rotatable bonds is 9. The van der Waals surface area contributed by atoms with E-state index in [4.69, 9.17) is 4.74 Å². The molecule has 0 saturated heterocycles. The van der Waals surface area contributed by atoms with Crippen LogP contribution >= 0.6 is 23.1 Å². The number of Topliss-reactive ketones (excluding diaryl/α,β-unsaturated/α-hetero) is 1. The number of nitrogens with zero attached hydrogens (tertiary/aromatic N) is 3. The fraction of sp³-hybridized carbons (Fsp3) is 0.136. The van der Waals surface area contributed by atoms with Crippen LogP contribution < -0.4 is 4.74 Å². The third-order valence-corrected chi connectivity index (χ3v) is 6.16. The summed E-state index contributed by atoms with van der Waals surface area (Å²) < 4.78 is 7.76. The van der Waals surface area contributed by atoms with Crippen molar-refractivity contribution in [3.05, 3.63) is 88.9 Å². The highest BCUT2D eigenvalue weighted by Gasteiger charge is 2.11. The molecule has 5 nitrogen and oxygen atoms in total. The monoisotopic (exact) mass is 421 g/mol. The number of carbonyl (C=O) groups excluding carboxylic acids is 1. The van der Waals surface area contributed by atoms with Crippen LogP contribution in [0.15, 0.2) is 83.6 Å². The molecule has 0 bridgehead atoms. The second kappa shape index (κ2) is 9.54. The van der Waals surface area contributed by atoms with E-state index in [9.17, 15) is 4.79 Å². The van der Waals surface area contributed by atoms with Crippen LogP contribution in [0.25, 0.3) is 0 Å². The lowest BCUT2D eigenvalue weighted by Gasteiger charge is -2.07. The van der Waals surface area contributed by atoms with E-state index >= 15 is 0 Å². The van der Waals surface area contributed by atoms with Gasteiger partial charge < -0.3 is 9.30 Å². The summed E-state index contributed by atoms with van der Waals surface area (Å²) in [7, 11) is 0. The second-order valence-electron chi connectivity index (χ2n) is 6.29. The van der Waals surface area contributed by atoms with Gasteiger partial charge in [0.2, 0.25) is 0 Å². The van der Waals surface area contributed by atoms with Gasteiger partial charge in [0.15, 0.2) is 10.9 Å². The Morgan fingerprint density at radius 3 is 2.55 bits per heavy atom. The molecule has 7 heteroatoms. The number of carbonyl (C=O) groups is 1. The Hall–Kier alpha value is -2.90. The van der Waals surface area contributed by atoms with Crippen molar-refractivity contribution in [2.75, 3.05) is 5.75 Å². The maximum Gasteiger partial charge on any atom is 0.191 e. The summed E-state index contributed by atoms with van der Waals surface area (Å²) in [6.07, 6.45) is 2.65. The Morgan fingerprint density at radius 1 is 1.00 bits per heavy atom. The largest absolute Gasteiger partial charge is 0.457 e. The van der Waals surface area contributed by atoms with Gasteiger partial charge in [-0.15, -0.1) is 21.5 Å². The quantitative estimate of drug-likeness (QED) is 0.269. The lowest BCUT2D eigenvalue weighted by molar-refractivity contribution is 0.102. The van der Waals surface area contributed by atoms with Gasteiger partial charge in [0, 0.05) is 17.0 Å². The van der Waals surface area contributed by atoms with Gasteiger partial charge in [0.05, 0.1) is 5.75 Å². The van der Waals surface area contributed by atoms with Crippen molar-refractivity contribution in [1.82, 2.24) is 14.8 Å². The predicted molar refractivity (Wildman–Crippen MR) is 116 cm³/mol. The van der Waals surface area contributed by atoms with Crippen molar-refractivity contribution in [1.29, 1.82) is 0 Å². The fourth-order valence-corrected chi connectivity index (χ4v) is 4.28. The molecule has 2 aromatic carbocycles. The summed E-state index contributed by atoms with van der Waals surface area (Å²) in [5, 5.41) is 11.0. The lowest BCUT2D eigenvalue weighted by Crippen LogP contribution is -2.05. The third kappa shape index (κ3) is 5.34. The van der Waals surface area contributed by atoms with E-state index in [0.717, 1.165) is 23.9 Å². The molecule has 0 aliphatic heterocycles. The summed E-state index contributed by atoms with van der Waals surface area (Å²) in [6, 6.07) is 21.0. The van der Waals surface area contributed by atoms with Crippen molar-refractivity contribution in [2.45, 2.75) is 18.1 Å². The van der Waals surface area contributed by atoms with E-state index < -0.39 is 0 Å². The summed E-state index contributed by atoms with van der Waals surface area (Å²) in [6.45, 7) is 0.801. The molecule has 2 aromatic heterocycles. The molecular formula is C22H19N3O2S2. The van der Waals surface area contributed by atoms with Crippen LogP contribution in [0.2, 0.25) is 0 Å². The molecule has 0 fully saturated rings. The zero-order valence-corrected chi connectivity index (χ0v) is 17.2. The minimum Gasteiger partial charge on any atom is -0.457 e. The van der Waals surface area contributed by atoms with Crippen molar-refractivity contribution >= 4 is 28.9 Å². The SMILES string of the molecule is O=C(CSc1nncn1CCc1cccs1)c1ccc(Oc2ccccc2)cc1. The van der Waals surface area contributed by atoms with Gasteiger partial charge in [-0.2, -0.15) is 0 Å². The molecule has 2 heterocycles. The first-order chi connectivity index (χ1) is 14.3. The number of thiophene rings is 1. The average molecular weight is 422 g/mol. The van der Waals surface area contributed by atoms with Gasteiger partial charge in [-0.25, -0.2) is 0 Å². The average Bonchev–Trinajstić information content (AvgIpc) is 3.43. The van der Waals surface area contributed by atoms with E-state index in [0.29, 0.717) is 17.1 Å². The Bertz CT molecular complexity index is 1050. The van der Waals surface area contributed by atoms with Crippen molar-refractivity contribution in [3.8, 4) is 11.5 Å². The van der Waals surface area contributed by atoms with Crippen LogP contribution in [0.4, 0.5) is 0 Å². The summed E-state index contributed by atoms with van der Waals surface area (Å²) >= 11 is 3.15. The maximum absolute atomic E-state index is 12.5. The van der Waals surface area contributed by atoms with Crippen molar-refractivity contribution in [2.24, 2.45) is 0 Å². The highest BCUT2D eigenvalue weighted by molar-refractivity contribution is 7.99. The Kier molecular flexibility index (Phi) is 6.38. The molecule has 0 aliphatic carbocycles. The van der Waals surface area contributed by atoms with Crippen LogP contribution in [0, 0.1) is 0 Å². The number of hydrogen-bond donors (Lipinski definition) is 0. The van der Waals surface area contributed by atoms with Gasteiger partial charge in [-0.3, -0.25) is 4.79 Å². The minimum absolute atomic E-state index is 0.0501. The van der Waals surface area contributed by atoms with Gasteiger partial charge in [0.25, 0.3) is 0 Å². The molecule has 146 valence electrons. The van der Waals surface area contributed by atoms with E-state index in [1.54, 1.807) is 29.8 Å². The molecule has 4 aromatic rings. The number of thioether (sulfide) groups is 1. The predicted octanol–water partition coefficient (Wildman–Crippen LogP) is 5.35. The first kappa shape index (κ1) is 19.4. The standard InChI is InChI=1S/C22H19N3O2S2/c26-21(17-8-10-19(11-9-17)27-18-5-2-1-3-6-18)15-29-22-24-23-16-25(22)13-12-20-7-4-14-28-20/h1-11,14,16H,12-13,15H2. The molecule has 0 amide bonds. The Labute approximate surface area is 177 Å². The van der Waals surface area contributed by atoms with Crippen LogP contribution in [0.5, 0.6) is 11.5 Å². The van der Waals surface area contributed by atoms with Crippen molar-refractivity contribution < 1.29 is 9.53 Å². The summed E-state index contributed by atoms with van der Waals surface area (Å²) in [5.74, 6) is 1.84. The Balaban J connectivity index is 1.31. The molecule has 0 unspecified atom stereocenters. The fourth-order valence-electron chi connectivity index (χ4n) is 2.74. The zero-order valence-electron chi connectivity index (χ0n) is 15.6. The topological polar surface area (TPSA) is 57.0 Å². The number of benzene rings is 2. The number of aromatic nitrogens is 3. The smallest absolute Gasteiger partial charge is 0.191 e. The molecule has 4 rings (SSSR count). The highest BCUT2D eigenvalue weighted by atomic mass is 32.2. The van der Waals surface area contributed by atoms with E-state index in [1.165, 1.54) is 16.6 Å². The number of para-hydroxylation sites is 1. The molecule has 29 heavy (non-hydrogen) atoms. The molecule has 0 atom stereocenters. The minimum atomic E-state index is 0.0501. The summed E-state index contributed by atoms with van der Waals surface area (Å²) in [4.78, 5) is 13.9. The second-order valence-corrected chi connectivity index (χ2v) is 8.26. The van der Waals surface area contributed by atoms with Crippen LogP contribution in [0.1, 0.15) is 15.2 Å². The van der Waals surface area contributed by atoms with E-state index in [1.807, 2.05) is 47.0 Å². The molecule has 0 spiro atoms. The van der Waals surface area contributed by atoms with Gasteiger partial charge in [0.1, 0.15) is 17.8 Å². The van der Waals surface area contributed by atoms with Crippen LogP contribution in [0.3, 0.4) is 0 Å². The number of hydrogen-bond acceptors (Lipinski definition) is 6. The maximum atomic E-state index is 12.5. The van der Waals surface area contributed by atoms with Crippen LogP contribution in [-0.4, -0.2) is 26.3 Å². The normalized spacial score (nSPS) is 10.8. The van der Waals surface area contributed by atoms with Crippen LogP contribution in [-0.2, 0) is 13.0 Å². The number of ether oxygens (including phenoxy) is 1. The highest BCUT2D eigenvalue weighted by Crippen LogP contribution is 2.23. The molecular weight excluding hydrogens is 402 g/mol. The molecule has 0 radical (unpaired) electrons. The first-order valence-corrected chi connectivity index (χ1v) is 11.0. The van der Waals surface area contributed by atoms with Gasteiger partial charge in [-0.1, -0.05) is 36.0 Å². The van der Waals surface area contributed by atoms with Gasteiger partial charge >= 0.3 is 0 Å². The molecule has 0 N–H and O–H groups in total. The van der Waals surface area contributed by atoms with E-state index in [2.05, 4.69) is 27.7 Å². The molecule has 0 saturated carbocycles. The number of ketones is 1. The summed E-state index contributed by atoms with van der Waals surface area (Å²) in [5.41, 5.74) is 0.655. The van der Waals surface area contributed by atoms with Gasteiger partial charge in [-0.05, 0) is 54.3 Å². The number of aryl methyl sites for hydroxylation is 2. The Morgan fingerprint density at radius 2 is 1.79 bits per heavy atom. The molecule has 0 aliphatic rings.